The van der Waals surface area contributed by atoms with Gasteiger partial charge in [-0.25, -0.2) is 9.18 Å². The van der Waals surface area contributed by atoms with Crippen molar-refractivity contribution in [3.8, 4) is 0 Å². The Morgan fingerprint density at radius 1 is 1.13 bits per heavy atom. The summed E-state index contributed by atoms with van der Waals surface area (Å²) in [6.45, 7) is 0.203. The Morgan fingerprint density at radius 2 is 1.70 bits per heavy atom. The van der Waals surface area contributed by atoms with Gasteiger partial charge in [0.2, 0.25) is 5.43 Å². The van der Waals surface area contributed by atoms with Crippen molar-refractivity contribution in [2.45, 2.75) is 6.54 Å². The van der Waals surface area contributed by atoms with E-state index in [1.165, 1.54) is 48.1 Å². The van der Waals surface area contributed by atoms with Crippen LogP contribution in [0.2, 0.25) is 0 Å². The summed E-state index contributed by atoms with van der Waals surface area (Å²) in [7, 11) is 2.94. The predicted molar refractivity (Wildman–Crippen MR) is 81.2 cm³/mol. The molecule has 0 aliphatic rings. The average Bonchev–Trinajstić information content (AvgIpc) is 2.50. The van der Waals surface area contributed by atoms with Gasteiger partial charge in [0.15, 0.2) is 0 Å². The van der Waals surface area contributed by atoms with E-state index in [1.54, 1.807) is 12.1 Å². The first-order valence-electron chi connectivity index (χ1n) is 6.73. The molecule has 23 heavy (non-hydrogen) atoms. The molecule has 0 saturated heterocycles. The molecule has 0 fully saturated rings. The first-order valence-corrected chi connectivity index (χ1v) is 6.73. The van der Waals surface area contributed by atoms with Gasteiger partial charge in [-0.3, -0.25) is 9.59 Å². The fourth-order valence-electron chi connectivity index (χ4n) is 2.07. The van der Waals surface area contributed by atoms with E-state index < -0.39 is 22.9 Å². The highest BCUT2D eigenvalue weighted by molar-refractivity contribution is 5.96. The highest BCUT2D eigenvalue weighted by Gasteiger charge is 2.19. The van der Waals surface area contributed by atoms with Gasteiger partial charge in [-0.1, -0.05) is 12.1 Å². The second kappa shape index (κ2) is 6.43. The van der Waals surface area contributed by atoms with Gasteiger partial charge < -0.3 is 14.6 Å². The number of rotatable bonds is 4. The molecule has 2 aromatic rings. The van der Waals surface area contributed by atoms with Gasteiger partial charge in [-0.15, -0.1) is 0 Å². The quantitative estimate of drug-likeness (QED) is 0.925. The number of nitrogens with zero attached hydrogens (tertiary/aromatic N) is 2. The molecule has 6 nitrogen and oxygen atoms in total. The number of hydrogen-bond acceptors (Lipinski definition) is 3. The van der Waals surface area contributed by atoms with E-state index in [9.17, 15) is 18.8 Å². The summed E-state index contributed by atoms with van der Waals surface area (Å²) in [4.78, 5) is 36.6. The lowest BCUT2D eigenvalue weighted by atomic mass is 10.1. The largest absolute Gasteiger partial charge is 0.477 e. The maximum Gasteiger partial charge on any atom is 0.341 e. The molecule has 7 heteroatoms. The molecular formula is C16H15FN2O4. The van der Waals surface area contributed by atoms with Gasteiger partial charge in [0.1, 0.15) is 16.9 Å². The lowest BCUT2D eigenvalue weighted by Crippen LogP contribution is -2.31. The molecule has 1 N–H and O–H groups in total. The third-order valence-corrected chi connectivity index (χ3v) is 3.22. The third-order valence-electron chi connectivity index (χ3n) is 3.22. The summed E-state index contributed by atoms with van der Waals surface area (Å²) < 4.78 is 14.4. The standard InChI is InChI=1S/C16H15FN2O4/c1-18(2)15(21)12-8-19(9-13(14(12)20)16(22)23)7-10-3-5-11(17)6-4-10/h3-6,8-9H,7H2,1-2H3,(H,22,23). The number of carboxylic acid groups (broad SMARTS) is 1. The van der Waals surface area contributed by atoms with Crippen LogP contribution >= 0.6 is 0 Å². The monoisotopic (exact) mass is 318 g/mol. The number of hydrogen-bond donors (Lipinski definition) is 1. The van der Waals surface area contributed by atoms with Crippen LogP contribution in [0.1, 0.15) is 26.3 Å². The zero-order valence-electron chi connectivity index (χ0n) is 12.6. The van der Waals surface area contributed by atoms with Crippen molar-refractivity contribution in [3.05, 3.63) is 69.4 Å². The number of aromatic carboxylic acids is 1. The van der Waals surface area contributed by atoms with E-state index in [0.717, 1.165) is 0 Å². The number of carboxylic acids is 1. The lowest BCUT2D eigenvalue weighted by Gasteiger charge is -2.13. The normalized spacial score (nSPS) is 10.4. The van der Waals surface area contributed by atoms with Gasteiger partial charge >= 0.3 is 5.97 Å². The van der Waals surface area contributed by atoms with Crippen LogP contribution in [0, 0.1) is 5.82 Å². The zero-order chi connectivity index (χ0) is 17.1. The molecule has 120 valence electrons. The smallest absolute Gasteiger partial charge is 0.341 e. The fourth-order valence-corrected chi connectivity index (χ4v) is 2.07. The Balaban J connectivity index is 2.51. The van der Waals surface area contributed by atoms with Crippen molar-refractivity contribution in [2.24, 2.45) is 0 Å². The number of amides is 1. The van der Waals surface area contributed by atoms with Crippen LogP contribution in [0.3, 0.4) is 0 Å². The molecule has 0 spiro atoms. The van der Waals surface area contributed by atoms with E-state index in [1.807, 2.05) is 0 Å². The number of aromatic nitrogens is 1. The SMILES string of the molecule is CN(C)C(=O)c1cn(Cc2ccc(F)cc2)cc(C(=O)O)c1=O. The molecule has 0 unspecified atom stereocenters. The van der Waals surface area contributed by atoms with Crippen molar-refractivity contribution in [3.63, 3.8) is 0 Å². The molecule has 0 saturated carbocycles. The first kappa shape index (κ1) is 16.4. The summed E-state index contributed by atoms with van der Waals surface area (Å²) in [6.07, 6.45) is 2.47. The Labute approximate surface area is 131 Å². The maximum absolute atomic E-state index is 12.9. The zero-order valence-corrected chi connectivity index (χ0v) is 12.6. The highest BCUT2D eigenvalue weighted by Crippen LogP contribution is 2.08. The minimum absolute atomic E-state index is 0.203. The van der Waals surface area contributed by atoms with Crippen molar-refractivity contribution >= 4 is 11.9 Å². The van der Waals surface area contributed by atoms with Crippen LogP contribution in [-0.2, 0) is 6.54 Å². The van der Waals surface area contributed by atoms with Crippen LogP contribution < -0.4 is 5.43 Å². The number of carbonyl (C=O) groups is 2. The summed E-state index contributed by atoms with van der Waals surface area (Å²) in [6, 6.07) is 5.65. The molecular weight excluding hydrogens is 303 g/mol. The highest BCUT2D eigenvalue weighted by atomic mass is 19.1. The molecule has 0 radical (unpaired) electrons. The fraction of sp³-hybridized carbons (Fsp3) is 0.188. The van der Waals surface area contributed by atoms with Crippen LogP contribution in [0.15, 0.2) is 41.5 Å². The van der Waals surface area contributed by atoms with E-state index in [4.69, 9.17) is 5.11 Å². The van der Waals surface area contributed by atoms with Gasteiger partial charge in [0, 0.05) is 33.0 Å². The molecule has 0 aliphatic carbocycles. The average molecular weight is 318 g/mol. The molecule has 0 bridgehead atoms. The third kappa shape index (κ3) is 3.63. The van der Waals surface area contributed by atoms with Gasteiger partial charge in [-0.05, 0) is 17.7 Å². The molecule has 1 aromatic carbocycles. The Bertz CT molecular complexity index is 810. The second-order valence-corrected chi connectivity index (χ2v) is 5.22. The van der Waals surface area contributed by atoms with Crippen molar-refractivity contribution in [1.82, 2.24) is 9.47 Å². The van der Waals surface area contributed by atoms with Crippen LogP contribution in [0.4, 0.5) is 4.39 Å². The molecule has 1 aromatic heterocycles. The van der Waals surface area contributed by atoms with E-state index in [2.05, 4.69) is 0 Å². The number of pyridine rings is 1. The van der Waals surface area contributed by atoms with E-state index in [0.29, 0.717) is 5.56 Å². The minimum atomic E-state index is -1.41. The summed E-state index contributed by atoms with van der Waals surface area (Å²) >= 11 is 0. The maximum atomic E-state index is 12.9. The minimum Gasteiger partial charge on any atom is -0.477 e. The Hall–Kier alpha value is -2.96. The molecule has 0 aliphatic heterocycles. The van der Waals surface area contributed by atoms with Gasteiger partial charge in [0.05, 0.1) is 0 Å². The summed E-state index contributed by atoms with van der Waals surface area (Å²) in [5.41, 5.74) is -0.835. The molecule has 1 amide bonds. The number of halogens is 1. The summed E-state index contributed by atoms with van der Waals surface area (Å²) in [5.74, 6) is -2.37. The molecule has 1 heterocycles. The van der Waals surface area contributed by atoms with Gasteiger partial charge in [0.25, 0.3) is 5.91 Å². The Kier molecular flexibility index (Phi) is 4.59. The predicted octanol–water partition coefficient (Wildman–Crippen LogP) is 1.44. The van der Waals surface area contributed by atoms with Crippen LogP contribution in [-0.4, -0.2) is 40.5 Å². The van der Waals surface area contributed by atoms with E-state index >= 15 is 0 Å². The van der Waals surface area contributed by atoms with Crippen molar-refractivity contribution < 1.29 is 19.1 Å². The van der Waals surface area contributed by atoms with Crippen LogP contribution in [0.25, 0.3) is 0 Å². The number of benzene rings is 1. The van der Waals surface area contributed by atoms with Crippen molar-refractivity contribution in [2.75, 3.05) is 14.1 Å². The van der Waals surface area contributed by atoms with Crippen LogP contribution in [0.5, 0.6) is 0 Å². The molecule has 2 rings (SSSR count). The second-order valence-electron chi connectivity index (χ2n) is 5.22. The van der Waals surface area contributed by atoms with E-state index in [-0.39, 0.29) is 17.9 Å². The number of carbonyl (C=O) groups excluding carboxylic acids is 1. The summed E-state index contributed by atoms with van der Waals surface area (Å²) in [5, 5.41) is 9.15. The molecule has 0 atom stereocenters. The first-order chi connectivity index (χ1) is 10.8. The topological polar surface area (TPSA) is 79.6 Å². The Morgan fingerprint density at radius 3 is 2.22 bits per heavy atom. The van der Waals surface area contributed by atoms with Crippen molar-refractivity contribution in [1.29, 1.82) is 0 Å². The lowest BCUT2D eigenvalue weighted by molar-refractivity contribution is 0.0694. The van der Waals surface area contributed by atoms with Gasteiger partial charge in [-0.2, -0.15) is 0 Å².